The number of hydrogen-bond acceptors (Lipinski definition) is 3. The van der Waals surface area contributed by atoms with Crippen LogP contribution in [0.1, 0.15) is 33.6 Å². The van der Waals surface area contributed by atoms with Gasteiger partial charge in [0.05, 0.1) is 0 Å². The van der Waals surface area contributed by atoms with Crippen LogP contribution in [0.4, 0.5) is 0 Å². The van der Waals surface area contributed by atoms with Gasteiger partial charge in [0.15, 0.2) is 0 Å². The topological polar surface area (TPSA) is 75.5 Å². The van der Waals surface area contributed by atoms with Crippen molar-refractivity contribution in [3.63, 3.8) is 0 Å². The van der Waals surface area contributed by atoms with Crippen LogP contribution in [0.5, 0.6) is 0 Å². The first-order chi connectivity index (χ1) is 4.15. The minimum Gasteiger partial charge on any atom is -0.396 e. The molecule has 0 aromatic rings. The van der Waals surface area contributed by atoms with Crippen LogP contribution in [-0.4, -0.2) is 22.9 Å². The second-order valence-corrected chi connectivity index (χ2v) is 2.17. The second kappa shape index (κ2) is 15.9. The summed E-state index contributed by atoms with van der Waals surface area (Å²) in [4.78, 5) is 0. The van der Waals surface area contributed by atoms with Gasteiger partial charge in [0.1, 0.15) is 0 Å². The van der Waals surface area contributed by atoms with E-state index in [9.17, 15) is 0 Å². The molecule has 0 aliphatic rings. The first-order valence-corrected chi connectivity index (χ1v) is 3.44. The van der Waals surface area contributed by atoms with Crippen LogP contribution in [0.15, 0.2) is 0 Å². The quantitative estimate of drug-likeness (QED) is 0.557. The molecule has 0 atom stereocenters. The first kappa shape index (κ1) is 16.5. The molecule has 0 amide bonds. The fourth-order valence-electron chi connectivity index (χ4n) is 0.158. The van der Waals surface area contributed by atoms with E-state index >= 15 is 0 Å². The maximum absolute atomic E-state index is 8.07. The first-order valence-electron chi connectivity index (χ1n) is 3.44. The standard InChI is InChI=1S/C4H10O.C3H8O.H3N/c1-2-3-4-5;1-3(2)4;/h5H,2-4H2,1H3;3-4H,1-2H3;1H3. The highest BCUT2D eigenvalue weighted by molar-refractivity contribution is 4.23. The van der Waals surface area contributed by atoms with Gasteiger partial charge in [-0.05, 0) is 20.3 Å². The number of unbranched alkanes of at least 4 members (excludes halogenated alkanes) is 1. The van der Waals surface area contributed by atoms with Crippen molar-refractivity contribution in [2.45, 2.75) is 39.7 Å². The van der Waals surface area contributed by atoms with Crippen molar-refractivity contribution >= 4 is 0 Å². The molecule has 5 N–H and O–H groups in total. The van der Waals surface area contributed by atoms with Gasteiger partial charge in [-0.25, -0.2) is 0 Å². The van der Waals surface area contributed by atoms with Crippen LogP contribution in [0.3, 0.4) is 0 Å². The molecule has 0 saturated heterocycles. The van der Waals surface area contributed by atoms with Crippen LogP contribution in [0.2, 0.25) is 0 Å². The molecule has 0 radical (unpaired) electrons. The molecule has 0 aliphatic carbocycles. The lowest BCUT2D eigenvalue weighted by Crippen LogP contribution is -1.85. The SMILES string of the molecule is CC(C)O.CCCCO.N. The Bertz CT molecular complexity index is 35.8. The molecule has 3 heteroatoms. The number of aliphatic hydroxyl groups is 2. The van der Waals surface area contributed by atoms with E-state index in [2.05, 4.69) is 6.92 Å². The molecular weight excluding hydrogens is 130 g/mol. The minimum absolute atomic E-state index is 0. The average Bonchev–Trinajstić information content (AvgIpc) is 1.66. The third-order valence-corrected chi connectivity index (χ3v) is 0.512. The lowest BCUT2D eigenvalue weighted by Gasteiger charge is -1.80. The highest BCUT2D eigenvalue weighted by Crippen LogP contribution is 1.78. The van der Waals surface area contributed by atoms with Crippen molar-refractivity contribution in [1.29, 1.82) is 0 Å². The summed E-state index contributed by atoms with van der Waals surface area (Å²) in [5, 5.41) is 16.1. The Balaban J connectivity index is -0.0000000910. The monoisotopic (exact) mass is 151 g/mol. The van der Waals surface area contributed by atoms with Gasteiger partial charge in [-0.15, -0.1) is 0 Å². The van der Waals surface area contributed by atoms with Crippen molar-refractivity contribution in [3.8, 4) is 0 Å². The zero-order valence-electron chi connectivity index (χ0n) is 7.30. The zero-order valence-corrected chi connectivity index (χ0v) is 7.30. The van der Waals surface area contributed by atoms with Gasteiger partial charge in [0.25, 0.3) is 0 Å². The number of hydrogen-bond donors (Lipinski definition) is 3. The van der Waals surface area contributed by atoms with Crippen LogP contribution in [-0.2, 0) is 0 Å². The predicted molar refractivity (Wildman–Crippen MR) is 44.4 cm³/mol. The Morgan fingerprint density at radius 3 is 1.60 bits per heavy atom. The summed E-state index contributed by atoms with van der Waals surface area (Å²) in [6, 6.07) is 0. The Labute approximate surface area is 63.7 Å². The van der Waals surface area contributed by atoms with Gasteiger partial charge < -0.3 is 16.4 Å². The summed E-state index contributed by atoms with van der Waals surface area (Å²) in [6.45, 7) is 5.84. The average molecular weight is 151 g/mol. The van der Waals surface area contributed by atoms with Crippen molar-refractivity contribution < 1.29 is 10.2 Å². The fraction of sp³-hybridized carbons (Fsp3) is 1.00. The normalized spacial score (nSPS) is 7.80. The van der Waals surface area contributed by atoms with E-state index in [1.54, 1.807) is 13.8 Å². The summed E-state index contributed by atoms with van der Waals surface area (Å²) in [5.41, 5.74) is 0. The molecule has 10 heavy (non-hydrogen) atoms. The van der Waals surface area contributed by atoms with E-state index in [-0.39, 0.29) is 12.3 Å². The summed E-state index contributed by atoms with van der Waals surface area (Å²) in [7, 11) is 0. The summed E-state index contributed by atoms with van der Waals surface area (Å²) < 4.78 is 0. The lowest BCUT2D eigenvalue weighted by molar-refractivity contribution is 0.216. The van der Waals surface area contributed by atoms with E-state index in [4.69, 9.17) is 10.2 Å². The van der Waals surface area contributed by atoms with Crippen molar-refractivity contribution in [3.05, 3.63) is 0 Å². The lowest BCUT2D eigenvalue weighted by atomic mass is 10.4. The van der Waals surface area contributed by atoms with E-state index in [1.807, 2.05) is 0 Å². The molecular formula is C7H21NO2. The third-order valence-electron chi connectivity index (χ3n) is 0.512. The van der Waals surface area contributed by atoms with E-state index in [0.29, 0.717) is 6.61 Å². The molecule has 0 bridgehead atoms. The van der Waals surface area contributed by atoms with Crippen molar-refractivity contribution in [1.82, 2.24) is 6.15 Å². The van der Waals surface area contributed by atoms with Crippen LogP contribution in [0.25, 0.3) is 0 Å². The molecule has 0 heterocycles. The third kappa shape index (κ3) is 106. The van der Waals surface area contributed by atoms with Crippen molar-refractivity contribution in [2.75, 3.05) is 6.61 Å². The Morgan fingerprint density at radius 1 is 1.30 bits per heavy atom. The van der Waals surface area contributed by atoms with Gasteiger partial charge >= 0.3 is 0 Å². The second-order valence-electron chi connectivity index (χ2n) is 2.17. The molecule has 0 saturated carbocycles. The van der Waals surface area contributed by atoms with Crippen LogP contribution >= 0.6 is 0 Å². The molecule has 0 fully saturated rings. The Hall–Kier alpha value is -0.120. The largest absolute Gasteiger partial charge is 0.396 e. The van der Waals surface area contributed by atoms with Gasteiger partial charge in [-0.2, -0.15) is 0 Å². The van der Waals surface area contributed by atoms with Gasteiger partial charge in [0, 0.05) is 12.7 Å². The van der Waals surface area contributed by atoms with Gasteiger partial charge in [-0.1, -0.05) is 13.3 Å². The maximum atomic E-state index is 8.07. The Kier molecular flexibility index (Phi) is 26.2. The minimum atomic E-state index is -0.167. The number of aliphatic hydroxyl groups excluding tert-OH is 2. The van der Waals surface area contributed by atoms with E-state index in [1.165, 1.54) is 0 Å². The molecule has 0 spiro atoms. The van der Waals surface area contributed by atoms with E-state index in [0.717, 1.165) is 12.8 Å². The summed E-state index contributed by atoms with van der Waals surface area (Å²) in [6.07, 6.45) is 1.87. The molecule has 0 rings (SSSR count). The summed E-state index contributed by atoms with van der Waals surface area (Å²) in [5.74, 6) is 0. The number of rotatable bonds is 2. The Morgan fingerprint density at radius 2 is 1.60 bits per heavy atom. The molecule has 66 valence electrons. The zero-order chi connectivity index (χ0) is 7.70. The van der Waals surface area contributed by atoms with Crippen molar-refractivity contribution in [2.24, 2.45) is 0 Å². The molecule has 0 aliphatic heterocycles. The van der Waals surface area contributed by atoms with Crippen LogP contribution < -0.4 is 6.15 Å². The maximum Gasteiger partial charge on any atom is 0.0483 e. The highest BCUT2D eigenvalue weighted by atomic mass is 16.3. The smallest absolute Gasteiger partial charge is 0.0483 e. The molecule has 0 aromatic carbocycles. The molecule has 0 unspecified atom stereocenters. The summed E-state index contributed by atoms with van der Waals surface area (Å²) >= 11 is 0. The van der Waals surface area contributed by atoms with Gasteiger partial charge in [0.2, 0.25) is 0 Å². The predicted octanol–water partition coefficient (Wildman–Crippen LogP) is 1.33. The van der Waals surface area contributed by atoms with Gasteiger partial charge in [-0.3, -0.25) is 0 Å². The van der Waals surface area contributed by atoms with E-state index < -0.39 is 0 Å². The highest BCUT2D eigenvalue weighted by Gasteiger charge is 1.69. The molecule has 0 aromatic heterocycles. The fourth-order valence-corrected chi connectivity index (χ4v) is 0.158. The molecule has 3 nitrogen and oxygen atoms in total. The van der Waals surface area contributed by atoms with Crippen LogP contribution in [0, 0.1) is 0 Å².